The molecule has 2 nitrogen and oxygen atoms in total. The van der Waals surface area contributed by atoms with Crippen molar-refractivity contribution in [3.8, 4) is 22.3 Å². The van der Waals surface area contributed by atoms with Crippen LogP contribution in [0.3, 0.4) is 0 Å². The Morgan fingerprint density at radius 1 is 0.438 bits per heavy atom. The van der Waals surface area contributed by atoms with Crippen LogP contribution in [0.25, 0.3) is 43.8 Å². The first-order valence-corrected chi connectivity index (χ1v) is 18.7. The summed E-state index contributed by atoms with van der Waals surface area (Å²) in [7, 11) is 0. The van der Waals surface area contributed by atoms with Crippen molar-refractivity contribution in [2.45, 2.75) is 79.1 Å². The number of nitrogens with zero attached hydrogens (tertiary/aromatic N) is 2. The van der Waals surface area contributed by atoms with Crippen molar-refractivity contribution in [2.24, 2.45) is 23.7 Å². The van der Waals surface area contributed by atoms with E-state index >= 15 is 0 Å². The lowest BCUT2D eigenvalue weighted by Crippen LogP contribution is -2.38. The van der Waals surface area contributed by atoms with Crippen molar-refractivity contribution in [1.82, 2.24) is 0 Å². The van der Waals surface area contributed by atoms with Gasteiger partial charge in [-0.25, -0.2) is 0 Å². The molecule has 0 spiro atoms. The van der Waals surface area contributed by atoms with E-state index in [1.807, 2.05) is 0 Å². The zero-order valence-corrected chi connectivity index (χ0v) is 30.4. The minimum Gasteiger partial charge on any atom is -0.371 e. The van der Waals surface area contributed by atoms with Crippen LogP contribution in [0.2, 0.25) is 0 Å². The number of piperidine rings is 2. The molecule has 0 amide bonds. The van der Waals surface area contributed by atoms with Crippen molar-refractivity contribution in [1.29, 1.82) is 0 Å². The highest BCUT2D eigenvalue weighted by Crippen LogP contribution is 2.60. The molecule has 2 saturated heterocycles. The van der Waals surface area contributed by atoms with Crippen molar-refractivity contribution in [2.75, 3.05) is 36.0 Å². The van der Waals surface area contributed by atoms with Crippen LogP contribution in [-0.2, 0) is 10.8 Å². The second-order valence-corrected chi connectivity index (χ2v) is 17.7. The van der Waals surface area contributed by atoms with E-state index in [0.717, 1.165) is 49.9 Å². The standard InChI is InChI=1S/C46H52N2/c1-27-15-28(2)24-47(23-27)35-11-9-31-19-39-37-13-14-38-40-20-32-10-12-36(48-25-29(3)16-30(4)26-48)18-34(32)22-42(40)46(7,8)44(38)43(37)45(5,6)41(39)21-33(31)17-35/h9-14,17-22,27-30H,15-16,23-26H2,1-8H3. The Labute approximate surface area is 288 Å². The van der Waals surface area contributed by atoms with Crippen LogP contribution < -0.4 is 9.80 Å². The summed E-state index contributed by atoms with van der Waals surface area (Å²) in [6.07, 6.45) is 2.67. The molecule has 0 aromatic heterocycles. The van der Waals surface area contributed by atoms with E-state index in [0.29, 0.717) is 0 Å². The van der Waals surface area contributed by atoms with Gasteiger partial charge < -0.3 is 9.80 Å². The van der Waals surface area contributed by atoms with Crippen LogP contribution >= 0.6 is 0 Å². The van der Waals surface area contributed by atoms with Gasteiger partial charge in [-0.2, -0.15) is 0 Å². The van der Waals surface area contributed by atoms with Gasteiger partial charge in [0.05, 0.1) is 0 Å². The number of fused-ring (bicyclic) bond motifs is 9. The van der Waals surface area contributed by atoms with Crippen molar-refractivity contribution >= 4 is 32.9 Å². The highest BCUT2D eigenvalue weighted by molar-refractivity contribution is 6.00. The smallest absolute Gasteiger partial charge is 0.0372 e. The van der Waals surface area contributed by atoms with Gasteiger partial charge in [0.25, 0.3) is 0 Å². The number of rotatable bonds is 2. The first-order chi connectivity index (χ1) is 22.9. The van der Waals surface area contributed by atoms with Crippen molar-refractivity contribution < 1.29 is 0 Å². The Morgan fingerprint density at radius 3 is 1.19 bits per heavy atom. The van der Waals surface area contributed by atoms with Crippen LogP contribution in [-0.4, -0.2) is 26.2 Å². The summed E-state index contributed by atoms with van der Waals surface area (Å²) < 4.78 is 0. The highest BCUT2D eigenvalue weighted by Gasteiger charge is 2.46. The third kappa shape index (κ3) is 4.43. The van der Waals surface area contributed by atoms with Crippen LogP contribution in [0.5, 0.6) is 0 Å². The van der Waals surface area contributed by atoms with Gasteiger partial charge in [-0.1, -0.05) is 79.7 Å². The lowest BCUT2D eigenvalue weighted by Gasteiger charge is -2.36. The zero-order valence-electron chi connectivity index (χ0n) is 30.4. The number of hydrogen-bond donors (Lipinski definition) is 0. The van der Waals surface area contributed by atoms with E-state index in [9.17, 15) is 0 Å². The highest BCUT2D eigenvalue weighted by atomic mass is 15.1. The molecule has 2 aliphatic heterocycles. The van der Waals surface area contributed by atoms with E-state index in [1.165, 1.54) is 90.3 Å². The molecule has 9 rings (SSSR count). The average molecular weight is 633 g/mol. The third-order valence-corrected chi connectivity index (χ3v) is 12.8. The summed E-state index contributed by atoms with van der Waals surface area (Å²) in [4.78, 5) is 5.25. The SMILES string of the molecule is CC1CC(C)CN(c2ccc3cc4c(cc3c2)C(C)(C)c2c-4ccc3c2C(C)(C)c2cc4cc(N5CC(C)CC(C)C5)ccc4cc2-3)C1. The molecule has 4 atom stereocenters. The summed E-state index contributed by atoms with van der Waals surface area (Å²) in [6.45, 7) is 24.2. The molecular weight excluding hydrogens is 581 g/mol. The predicted octanol–water partition coefficient (Wildman–Crippen LogP) is 11.6. The van der Waals surface area contributed by atoms with Gasteiger partial charge in [0.2, 0.25) is 0 Å². The molecular formula is C46H52N2. The predicted molar refractivity (Wildman–Crippen MR) is 207 cm³/mol. The molecule has 4 unspecified atom stereocenters. The molecule has 48 heavy (non-hydrogen) atoms. The lowest BCUT2D eigenvalue weighted by molar-refractivity contribution is 0.357. The number of hydrogen-bond acceptors (Lipinski definition) is 2. The van der Waals surface area contributed by atoms with Crippen LogP contribution in [0.1, 0.15) is 90.5 Å². The topological polar surface area (TPSA) is 6.48 Å². The van der Waals surface area contributed by atoms with Gasteiger partial charge in [-0.05, 0) is 151 Å². The summed E-state index contributed by atoms with van der Waals surface area (Å²) in [5, 5.41) is 5.44. The molecule has 5 aromatic rings. The minimum atomic E-state index is -0.0814. The fourth-order valence-electron chi connectivity index (χ4n) is 10.8. The molecule has 5 aromatic carbocycles. The molecule has 2 aliphatic carbocycles. The fourth-order valence-corrected chi connectivity index (χ4v) is 10.8. The first kappa shape index (κ1) is 30.3. The maximum Gasteiger partial charge on any atom is 0.0372 e. The summed E-state index contributed by atoms with van der Waals surface area (Å²) in [5.41, 5.74) is 14.3. The van der Waals surface area contributed by atoms with E-state index in [1.54, 1.807) is 0 Å². The molecule has 2 fully saturated rings. The molecule has 2 heteroatoms. The van der Waals surface area contributed by atoms with Crippen LogP contribution in [0.4, 0.5) is 11.4 Å². The summed E-state index contributed by atoms with van der Waals surface area (Å²) in [6, 6.07) is 29.3. The average Bonchev–Trinajstić information content (AvgIpc) is 3.39. The Balaban J connectivity index is 1.13. The van der Waals surface area contributed by atoms with E-state index in [4.69, 9.17) is 0 Å². The van der Waals surface area contributed by atoms with Gasteiger partial charge in [-0.15, -0.1) is 0 Å². The quantitative estimate of drug-likeness (QED) is 0.191. The van der Waals surface area contributed by atoms with E-state index in [-0.39, 0.29) is 10.8 Å². The monoisotopic (exact) mass is 632 g/mol. The second kappa shape index (κ2) is 10.4. The van der Waals surface area contributed by atoms with Gasteiger partial charge in [-0.3, -0.25) is 0 Å². The lowest BCUT2D eigenvalue weighted by atomic mass is 9.72. The van der Waals surface area contributed by atoms with Crippen molar-refractivity contribution in [3.63, 3.8) is 0 Å². The summed E-state index contributed by atoms with van der Waals surface area (Å²) in [5.74, 6) is 2.98. The number of benzene rings is 5. The molecule has 0 radical (unpaired) electrons. The van der Waals surface area contributed by atoms with Gasteiger partial charge in [0.1, 0.15) is 0 Å². The molecule has 246 valence electrons. The fraction of sp³-hybridized carbons (Fsp3) is 0.435. The maximum atomic E-state index is 2.62. The maximum absolute atomic E-state index is 2.62. The van der Waals surface area contributed by atoms with Gasteiger partial charge in [0.15, 0.2) is 0 Å². The Kier molecular flexibility index (Phi) is 6.54. The Morgan fingerprint density at radius 2 is 0.812 bits per heavy atom. The second-order valence-electron chi connectivity index (χ2n) is 17.7. The molecule has 4 aliphatic rings. The van der Waals surface area contributed by atoms with E-state index in [2.05, 4.69) is 138 Å². The zero-order chi connectivity index (χ0) is 33.3. The molecule has 0 bridgehead atoms. The number of anilines is 2. The molecule has 2 heterocycles. The van der Waals surface area contributed by atoms with Gasteiger partial charge in [0, 0.05) is 48.4 Å². The van der Waals surface area contributed by atoms with E-state index < -0.39 is 0 Å². The summed E-state index contributed by atoms with van der Waals surface area (Å²) >= 11 is 0. The normalized spacial score (nSPS) is 25.2. The van der Waals surface area contributed by atoms with Crippen molar-refractivity contribution in [3.05, 3.63) is 95.1 Å². The molecule has 0 N–H and O–H groups in total. The van der Waals surface area contributed by atoms with Crippen LogP contribution in [0, 0.1) is 23.7 Å². The Bertz CT molecular complexity index is 1960. The largest absolute Gasteiger partial charge is 0.371 e. The van der Waals surface area contributed by atoms with Crippen LogP contribution in [0.15, 0.2) is 72.8 Å². The first-order valence-electron chi connectivity index (χ1n) is 18.7. The third-order valence-electron chi connectivity index (χ3n) is 12.8. The Hall–Kier alpha value is -3.78. The molecule has 0 saturated carbocycles. The minimum absolute atomic E-state index is 0.0814. The van der Waals surface area contributed by atoms with Gasteiger partial charge >= 0.3 is 0 Å².